The Kier molecular flexibility index (Phi) is 8.04. The van der Waals surface area contributed by atoms with Crippen LogP contribution in [0.25, 0.3) is 0 Å². The zero-order chi connectivity index (χ0) is 31.4. The smallest absolute Gasteiger partial charge is 0.407 e. The van der Waals surface area contributed by atoms with Crippen LogP contribution in [0.3, 0.4) is 0 Å². The van der Waals surface area contributed by atoms with E-state index in [2.05, 4.69) is 5.32 Å². The number of likely N-dealkylation sites (N-methyl/N-ethyl adjacent to an activating group) is 1. The first-order valence-corrected chi connectivity index (χ1v) is 13.6. The number of allylic oxidation sites excluding steroid dienone is 1. The number of fused-ring (bicyclic) bond motifs is 3. The van der Waals surface area contributed by atoms with E-state index in [9.17, 15) is 39.6 Å². The summed E-state index contributed by atoms with van der Waals surface area (Å²) >= 11 is 0. The van der Waals surface area contributed by atoms with Crippen LogP contribution >= 0.6 is 0 Å². The van der Waals surface area contributed by atoms with Gasteiger partial charge in [0.1, 0.15) is 22.8 Å². The second-order valence-corrected chi connectivity index (χ2v) is 12.0. The fourth-order valence-corrected chi connectivity index (χ4v) is 6.35. The summed E-state index contributed by atoms with van der Waals surface area (Å²) in [5.41, 5.74) is 2.70. The molecule has 0 fully saturated rings. The Labute approximate surface area is 243 Å². The van der Waals surface area contributed by atoms with Crippen LogP contribution in [-0.4, -0.2) is 95.3 Å². The van der Waals surface area contributed by atoms with Crippen LogP contribution in [0.4, 0.5) is 10.5 Å². The molecule has 0 saturated heterocycles. The first-order valence-electron chi connectivity index (χ1n) is 13.6. The number of aliphatic hydroxyl groups is 3. The Hall–Kier alpha value is -4.10. The average molecular weight is 587 g/mol. The molecule has 13 nitrogen and oxygen atoms in total. The van der Waals surface area contributed by atoms with Crippen LogP contribution < -0.4 is 16.0 Å². The number of ketones is 2. The van der Waals surface area contributed by atoms with Gasteiger partial charge in [0.2, 0.25) is 5.78 Å². The summed E-state index contributed by atoms with van der Waals surface area (Å²) in [5.74, 6) is -7.05. The Morgan fingerprint density at radius 3 is 2.36 bits per heavy atom. The number of aromatic hydroxyl groups is 1. The van der Waals surface area contributed by atoms with Gasteiger partial charge in [-0.05, 0) is 50.4 Å². The average Bonchev–Trinajstić information content (AvgIpc) is 2.88. The van der Waals surface area contributed by atoms with Crippen LogP contribution in [0.15, 0.2) is 28.7 Å². The summed E-state index contributed by atoms with van der Waals surface area (Å²) in [6.45, 7) is 3.79. The fraction of sp³-hybridized carbons (Fsp3) is 0.517. The van der Waals surface area contributed by atoms with Gasteiger partial charge in [0, 0.05) is 43.4 Å². The number of carbonyl (C=O) groups is 4. The molecule has 0 aromatic heterocycles. The van der Waals surface area contributed by atoms with Gasteiger partial charge in [-0.2, -0.15) is 0 Å². The molecule has 1 aromatic carbocycles. The number of nitrogens with zero attached hydrogens (tertiary/aromatic N) is 2. The quantitative estimate of drug-likeness (QED) is 0.249. The highest BCUT2D eigenvalue weighted by atomic mass is 16.5. The third-order valence-electron chi connectivity index (χ3n) is 8.23. The molecule has 4 rings (SSSR count). The van der Waals surface area contributed by atoms with Gasteiger partial charge in [0.05, 0.1) is 18.2 Å². The number of ether oxygens (including phenoxy) is 1. The number of hydrogen-bond donors (Lipinski definition) is 6. The van der Waals surface area contributed by atoms with E-state index in [0.717, 1.165) is 0 Å². The van der Waals surface area contributed by atoms with Crippen molar-refractivity contribution in [2.45, 2.75) is 44.9 Å². The molecule has 13 heteroatoms. The van der Waals surface area contributed by atoms with Gasteiger partial charge in [-0.1, -0.05) is 13.8 Å². The predicted octanol–water partition coefficient (Wildman–Crippen LogP) is 1.07. The second-order valence-electron chi connectivity index (χ2n) is 12.0. The van der Waals surface area contributed by atoms with Gasteiger partial charge in [0.15, 0.2) is 11.4 Å². The number of nitrogens with one attached hydrogen (secondary N) is 1. The number of amides is 2. The maximum atomic E-state index is 14.0. The molecular formula is C29H38N4O9. The lowest BCUT2D eigenvalue weighted by Crippen LogP contribution is -2.63. The molecule has 0 bridgehead atoms. The molecule has 0 radical (unpaired) electrons. The lowest BCUT2D eigenvalue weighted by atomic mass is 9.58. The molecular weight excluding hydrogens is 548 g/mol. The van der Waals surface area contributed by atoms with Crippen LogP contribution in [0.1, 0.15) is 41.8 Å². The van der Waals surface area contributed by atoms with Crippen molar-refractivity contribution in [2.24, 2.45) is 23.5 Å². The highest BCUT2D eigenvalue weighted by Crippen LogP contribution is 2.53. The SMILES string of the molecule is CC(C)COC(=O)NCc1cc(N(C)C)c2c(c1O)C(=O)C1=C(O)[C@@]3(O)C(=O)C(C(N)=O)=C(O)[C@H](N(C)C)[C@H]3C[C@H]1C2. The highest BCUT2D eigenvalue weighted by molar-refractivity contribution is 6.25. The number of anilines is 1. The number of alkyl carbamates (subject to hydrolysis) is 1. The number of nitrogens with two attached hydrogens (primary N) is 1. The molecule has 2 amide bonds. The van der Waals surface area contributed by atoms with Crippen LogP contribution in [0.2, 0.25) is 0 Å². The minimum absolute atomic E-state index is 0.00953. The maximum absolute atomic E-state index is 14.0. The largest absolute Gasteiger partial charge is 0.510 e. The van der Waals surface area contributed by atoms with Crippen molar-refractivity contribution in [3.63, 3.8) is 0 Å². The standard InChI is InChI=1S/C29H38N4O9/c1-12(2)11-42-28(40)31-10-14-9-17(32(3)4)15-7-13-8-16-21(33(5)6)24(36)20(27(30)39)26(38)29(16,41)25(37)18(13)23(35)19(15)22(14)34/h9,12-13,16,21,34,36-37,41H,7-8,10-11H2,1-6H3,(H2,30,39)(H,31,40)/t13-,16-,21-,29-/m1/s1. The third-order valence-corrected chi connectivity index (χ3v) is 8.23. The molecule has 1 aromatic rings. The lowest BCUT2D eigenvalue weighted by Gasteiger charge is -2.50. The van der Waals surface area contributed by atoms with E-state index in [1.807, 2.05) is 13.8 Å². The van der Waals surface area contributed by atoms with Crippen LogP contribution in [-0.2, 0) is 27.3 Å². The van der Waals surface area contributed by atoms with Crippen molar-refractivity contribution in [3.05, 3.63) is 45.4 Å². The number of carbonyl (C=O) groups excluding carboxylic acids is 4. The van der Waals surface area contributed by atoms with E-state index in [4.69, 9.17) is 10.5 Å². The normalized spacial score (nSPS) is 25.3. The molecule has 3 aliphatic rings. The lowest BCUT2D eigenvalue weighted by molar-refractivity contribution is -0.148. The minimum Gasteiger partial charge on any atom is -0.510 e. The molecule has 7 N–H and O–H groups in total. The number of primary amides is 1. The molecule has 4 atom stereocenters. The molecule has 0 saturated carbocycles. The van der Waals surface area contributed by atoms with Crippen molar-refractivity contribution in [3.8, 4) is 5.75 Å². The highest BCUT2D eigenvalue weighted by Gasteiger charge is 2.63. The maximum Gasteiger partial charge on any atom is 0.407 e. The topological polar surface area (TPSA) is 203 Å². The van der Waals surface area contributed by atoms with E-state index < -0.39 is 69.9 Å². The number of hydrogen-bond acceptors (Lipinski definition) is 11. The van der Waals surface area contributed by atoms with Crippen molar-refractivity contribution in [1.29, 1.82) is 0 Å². The minimum atomic E-state index is -2.72. The Balaban J connectivity index is 1.84. The molecule has 0 unspecified atom stereocenters. The van der Waals surface area contributed by atoms with E-state index in [1.165, 1.54) is 4.90 Å². The number of benzene rings is 1. The Morgan fingerprint density at radius 1 is 1.17 bits per heavy atom. The van der Waals surface area contributed by atoms with Gasteiger partial charge < -0.3 is 41.1 Å². The van der Waals surface area contributed by atoms with Gasteiger partial charge >= 0.3 is 6.09 Å². The summed E-state index contributed by atoms with van der Waals surface area (Å²) in [5, 5.41) is 47.9. The Morgan fingerprint density at radius 2 is 1.81 bits per heavy atom. The summed E-state index contributed by atoms with van der Waals surface area (Å²) in [6.07, 6.45) is -0.559. The molecule has 3 aliphatic carbocycles. The first kappa shape index (κ1) is 30.8. The monoisotopic (exact) mass is 586 g/mol. The van der Waals surface area contributed by atoms with Crippen molar-refractivity contribution in [2.75, 3.05) is 39.7 Å². The number of phenols is 1. The number of Topliss-reactive ketones (excluding diaryl/α,β-unsaturated/α-hetero) is 2. The number of phenolic OH excluding ortho intramolecular Hbond substituents is 1. The first-order chi connectivity index (χ1) is 19.5. The summed E-state index contributed by atoms with van der Waals surface area (Å²) < 4.78 is 5.12. The van der Waals surface area contributed by atoms with Crippen LogP contribution in [0.5, 0.6) is 5.75 Å². The fourth-order valence-electron chi connectivity index (χ4n) is 6.35. The summed E-state index contributed by atoms with van der Waals surface area (Å²) in [4.78, 5) is 55.1. The Bertz CT molecular complexity index is 1430. The van der Waals surface area contributed by atoms with Gasteiger partial charge in [-0.3, -0.25) is 19.3 Å². The molecule has 228 valence electrons. The van der Waals surface area contributed by atoms with Crippen molar-refractivity contribution >= 4 is 29.3 Å². The predicted molar refractivity (Wildman–Crippen MR) is 151 cm³/mol. The van der Waals surface area contributed by atoms with Gasteiger partial charge in [-0.15, -0.1) is 0 Å². The zero-order valence-electron chi connectivity index (χ0n) is 24.5. The van der Waals surface area contributed by atoms with E-state index >= 15 is 0 Å². The zero-order valence-corrected chi connectivity index (χ0v) is 24.5. The summed E-state index contributed by atoms with van der Waals surface area (Å²) in [6, 6.07) is 0.583. The molecule has 0 spiro atoms. The van der Waals surface area contributed by atoms with Gasteiger partial charge in [0.25, 0.3) is 5.91 Å². The molecule has 0 aliphatic heterocycles. The third kappa shape index (κ3) is 4.75. The van der Waals surface area contributed by atoms with Crippen molar-refractivity contribution in [1.82, 2.24) is 10.2 Å². The number of rotatable bonds is 7. The molecule has 42 heavy (non-hydrogen) atoms. The van der Waals surface area contributed by atoms with E-state index in [-0.39, 0.29) is 48.6 Å². The van der Waals surface area contributed by atoms with E-state index in [1.54, 1.807) is 39.2 Å². The van der Waals surface area contributed by atoms with Crippen molar-refractivity contribution < 1.29 is 44.3 Å². The second kappa shape index (κ2) is 11.0. The molecule has 0 heterocycles. The number of aliphatic hydroxyl groups excluding tert-OH is 2. The van der Waals surface area contributed by atoms with Gasteiger partial charge in [-0.25, -0.2) is 4.79 Å². The van der Waals surface area contributed by atoms with Crippen LogP contribution in [0, 0.1) is 17.8 Å². The summed E-state index contributed by atoms with van der Waals surface area (Å²) in [7, 11) is 6.65. The van der Waals surface area contributed by atoms with E-state index in [0.29, 0.717) is 11.3 Å².